The lowest BCUT2D eigenvalue weighted by Gasteiger charge is -2.08. The van der Waals surface area contributed by atoms with Crippen LogP contribution in [0.3, 0.4) is 0 Å². The third-order valence-corrected chi connectivity index (χ3v) is 4.49. The highest BCUT2D eigenvalue weighted by atomic mass is 16.4. The lowest BCUT2D eigenvalue weighted by atomic mass is 10.1. The number of carbonyl (C=O) groups excluding carboxylic acids is 1. The predicted molar refractivity (Wildman–Crippen MR) is 100 cm³/mol. The minimum absolute atomic E-state index is 0.219. The molecule has 0 radical (unpaired) electrons. The highest BCUT2D eigenvalue weighted by molar-refractivity contribution is 5.95. The van der Waals surface area contributed by atoms with E-state index in [0.29, 0.717) is 23.1 Å². The zero-order valence-corrected chi connectivity index (χ0v) is 14.7. The number of rotatable bonds is 5. The first-order valence-electron chi connectivity index (χ1n) is 8.55. The van der Waals surface area contributed by atoms with E-state index in [1.54, 1.807) is 23.0 Å². The molecule has 2 heterocycles. The Balaban J connectivity index is 1.54. The number of H-pyrrole nitrogens is 1. The van der Waals surface area contributed by atoms with Gasteiger partial charge in [0, 0.05) is 25.6 Å². The Kier molecular flexibility index (Phi) is 4.33. The zero-order valence-electron chi connectivity index (χ0n) is 14.7. The monoisotopic (exact) mass is 362 g/mol. The van der Waals surface area contributed by atoms with Gasteiger partial charge in [-0.2, -0.15) is 5.10 Å². The maximum atomic E-state index is 12.7. The molecule has 136 valence electrons. The third kappa shape index (κ3) is 3.39. The molecular weight excluding hydrogens is 344 g/mol. The standard InChI is InChI=1S/C20H18N4O3/c1-24-17(10-13-6-3-2-4-7-13)15(12-22-24)19(25)21-11-14-8-5-9-16-18(14)27-20(26)23-16/h2-9,12H,10-11H2,1H3,(H,21,25)(H,23,26). The maximum Gasteiger partial charge on any atom is 0.417 e. The van der Waals surface area contributed by atoms with Gasteiger partial charge in [0.25, 0.3) is 5.91 Å². The van der Waals surface area contributed by atoms with Crippen LogP contribution in [0.5, 0.6) is 0 Å². The normalized spacial score (nSPS) is 11.0. The van der Waals surface area contributed by atoms with E-state index in [9.17, 15) is 9.59 Å². The Bertz CT molecular complexity index is 1150. The summed E-state index contributed by atoms with van der Waals surface area (Å²) in [6, 6.07) is 15.3. The molecule has 2 N–H and O–H groups in total. The van der Waals surface area contributed by atoms with Gasteiger partial charge in [0.2, 0.25) is 0 Å². The fourth-order valence-electron chi connectivity index (χ4n) is 3.09. The number of aryl methyl sites for hydroxylation is 1. The zero-order chi connectivity index (χ0) is 18.8. The molecule has 0 aliphatic carbocycles. The molecule has 7 heteroatoms. The average Bonchev–Trinajstić information content (AvgIpc) is 3.23. The molecule has 0 bridgehead atoms. The van der Waals surface area contributed by atoms with Crippen molar-refractivity contribution in [2.24, 2.45) is 7.05 Å². The first-order valence-corrected chi connectivity index (χ1v) is 8.55. The number of aromatic amines is 1. The van der Waals surface area contributed by atoms with Crippen LogP contribution in [0.25, 0.3) is 11.1 Å². The molecule has 2 aromatic carbocycles. The average molecular weight is 362 g/mol. The molecule has 7 nitrogen and oxygen atoms in total. The first-order chi connectivity index (χ1) is 13.1. The summed E-state index contributed by atoms with van der Waals surface area (Å²) in [4.78, 5) is 26.7. The Labute approximate surface area is 154 Å². The van der Waals surface area contributed by atoms with Gasteiger partial charge in [0.05, 0.1) is 23.0 Å². The topological polar surface area (TPSA) is 92.9 Å². The summed E-state index contributed by atoms with van der Waals surface area (Å²) in [5.41, 5.74) is 4.27. The summed E-state index contributed by atoms with van der Waals surface area (Å²) < 4.78 is 6.88. The number of carbonyl (C=O) groups is 1. The van der Waals surface area contributed by atoms with Crippen LogP contribution < -0.4 is 11.1 Å². The van der Waals surface area contributed by atoms with E-state index < -0.39 is 5.76 Å². The van der Waals surface area contributed by atoms with Crippen molar-refractivity contribution >= 4 is 17.0 Å². The molecule has 0 saturated heterocycles. The van der Waals surface area contributed by atoms with Gasteiger partial charge in [0.1, 0.15) is 0 Å². The summed E-state index contributed by atoms with van der Waals surface area (Å²) in [7, 11) is 1.82. The Hall–Kier alpha value is -3.61. The number of hydrogen-bond donors (Lipinski definition) is 2. The van der Waals surface area contributed by atoms with Crippen LogP contribution in [-0.2, 0) is 20.0 Å². The molecular formula is C20H18N4O3. The lowest BCUT2D eigenvalue weighted by molar-refractivity contribution is 0.0950. The summed E-state index contributed by atoms with van der Waals surface area (Å²) >= 11 is 0. The second kappa shape index (κ2) is 6.95. The van der Waals surface area contributed by atoms with E-state index in [2.05, 4.69) is 15.4 Å². The van der Waals surface area contributed by atoms with Crippen molar-refractivity contribution in [3.05, 3.63) is 87.7 Å². The van der Waals surface area contributed by atoms with Crippen molar-refractivity contribution in [2.45, 2.75) is 13.0 Å². The van der Waals surface area contributed by atoms with Gasteiger partial charge in [-0.15, -0.1) is 0 Å². The van der Waals surface area contributed by atoms with Gasteiger partial charge >= 0.3 is 5.76 Å². The highest BCUT2D eigenvalue weighted by Crippen LogP contribution is 2.17. The van der Waals surface area contributed by atoms with E-state index in [1.807, 2.05) is 43.4 Å². The number of hydrogen-bond acceptors (Lipinski definition) is 4. The van der Waals surface area contributed by atoms with E-state index in [4.69, 9.17) is 4.42 Å². The Morgan fingerprint density at radius 2 is 2.00 bits per heavy atom. The molecule has 4 aromatic rings. The minimum Gasteiger partial charge on any atom is -0.407 e. The van der Waals surface area contributed by atoms with Gasteiger partial charge in [0.15, 0.2) is 5.58 Å². The Morgan fingerprint density at radius 1 is 1.19 bits per heavy atom. The molecule has 0 saturated carbocycles. The third-order valence-electron chi connectivity index (χ3n) is 4.49. The summed E-state index contributed by atoms with van der Waals surface area (Å²) in [5.74, 6) is -0.731. The van der Waals surface area contributed by atoms with Crippen LogP contribution in [0.4, 0.5) is 0 Å². The van der Waals surface area contributed by atoms with Crippen molar-refractivity contribution in [1.29, 1.82) is 0 Å². The van der Waals surface area contributed by atoms with Crippen molar-refractivity contribution < 1.29 is 9.21 Å². The smallest absolute Gasteiger partial charge is 0.407 e. The van der Waals surface area contributed by atoms with Crippen molar-refractivity contribution in [3.8, 4) is 0 Å². The number of amides is 1. The summed E-state index contributed by atoms with van der Waals surface area (Å²) in [6.45, 7) is 0.247. The molecule has 0 aliphatic heterocycles. The number of para-hydroxylation sites is 1. The van der Waals surface area contributed by atoms with Gasteiger partial charge in [-0.05, 0) is 11.6 Å². The van der Waals surface area contributed by atoms with E-state index in [1.165, 1.54) is 0 Å². The Morgan fingerprint density at radius 3 is 2.81 bits per heavy atom. The molecule has 0 aliphatic rings. The van der Waals surface area contributed by atoms with Gasteiger partial charge in [-0.1, -0.05) is 42.5 Å². The molecule has 0 atom stereocenters. The van der Waals surface area contributed by atoms with Gasteiger partial charge < -0.3 is 9.73 Å². The number of nitrogens with one attached hydrogen (secondary N) is 2. The number of aromatic nitrogens is 3. The van der Waals surface area contributed by atoms with Crippen molar-refractivity contribution in [2.75, 3.05) is 0 Å². The number of benzene rings is 2. The van der Waals surface area contributed by atoms with Gasteiger partial charge in [-0.25, -0.2) is 4.79 Å². The fraction of sp³-hybridized carbons (Fsp3) is 0.150. The minimum atomic E-state index is -0.513. The van der Waals surface area contributed by atoms with Crippen LogP contribution in [0, 0.1) is 0 Å². The van der Waals surface area contributed by atoms with E-state index in [0.717, 1.165) is 16.8 Å². The predicted octanol–water partition coefficient (Wildman–Crippen LogP) is 2.38. The molecule has 1 amide bonds. The van der Waals surface area contributed by atoms with E-state index >= 15 is 0 Å². The molecule has 27 heavy (non-hydrogen) atoms. The highest BCUT2D eigenvalue weighted by Gasteiger charge is 2.17. The summed E-state index contributed by atoms with van der Waals surface area (Å²) in [6.07, 6.45) is 2.19. The summed E-state index contributed by atoms with van der Waals surface area (Å²) in [5, 5.41) is 7.12. The molecule has 0 fully saturated rings. The molecule has 0 spiro atoms. The fourth-order valence-corrected chi connectivity index (χ4v) is 3.09. The van der Waals surface area contributed by atoms with Crippen molar-refractivity contribution in [1.82, 2.24) is 20.1 Å². The van der Waals surface area contributed by atoms with Crippen LogP contribution in [0.2, 0.25) is 0 Å². The molecule has 2 aromatic heterocycles. The second-order valence-corrected chi connectivity index (χ2v) is 6.28. The number of fused-ring (bicyclic) bond motifs is 1. The lowest BCUT2D eigenvalue weighted by Crippen LogP contribution is -2.24. The van der Waals surface area contributed by atoms with Crippen LogP contribution >= 0.6 is 0 Å². The van der Waals surface area contributed by atoms with Crippen LogP contribution in [0.15, 0.2) is 63.9 Å². The first kappa shape index (κ1) is 16.8. The number of nitrogens with zero attached hydrogens (tertiary/aromatic N) is 2. The maximum absolute atomic E-state index is 12.7. The second-order valence-electron chi connectivity index (χ2n) is 6.28. The quantitative estimate of drug-likeness (QED) is 0.570. The van der Waals surface area contributed by atoms with Crippen molar-refractivity contribution in [3.63, 3.8) is 0 Å². The largest absolute Gasteiger partial charge is 0.417 e. The molecule has 4 rings (SSSR count). The molecule has 0 unspecified atom stereocenters. The number of oxazole rings is 1. The van der Waals surface area contributed by atoms with Gasteiger partial charge in [-0.3, -0.25) is 14.5 Å². The van der Waals surface area contributed by atoms with Crippen LogP contribution in [-0.4, -0.2) is 20.7 Å². The van der Waals surface area contributed by atoms with E-state index in [-0.39, 0.29) is 12.5 Å². The van der Waals surface area contributed by atoms with Crippen LogP contribution in [0.1, 0.15) is 27.2 Å². The SMILES string of the molecule is Cn1ncc(C(=O)NCc2cccc3[nH]c(=O)oc23)c1Cc1ccccc1.